The monoisotopic (exact) mass is 414 g/mol. The molecule has 1 aromatic carbocycles. The molecule has 1 N–H and O–H groups in total. The Morgan fingerprint density at radius 1 is 0.900 bits per heavy atom. The lowest BCUT2D eigenvalue weighted by Crippen LogP contribution is -2.58. The second kappa shape index (κ2) is 9.69. The molecule has 7 nitrogen and oxygen atoms in total. The van der Waals surface area contributed by atoms with Crippen molar-refractivity contribution in [2.24, 2.45) is 5.92 Å². The molecule has 1 aliphatic carbocycles. The molecule has 3 aliphatic rings. The molecule has 1 saturated carbocycles. The van der Waals surface area contributed by atoms with Gasteiger partial charge in [0.05, 0.1) is 13.2 Å². The molecule has 0 radical (unpaired) electrons. The summed E-state index contributed by atoms with van der Waals surface area (Å²) in [5.41, 5.74) is 0.760. The van der Waals surface area contributed by atoms with Gasteiger partial charge in [0.25, 0.3) is 0 Å². The number of nitrogens with one attached hydrogen (secondary N) is 1. The van der Waals surface area contributed by atoms with Crippen LogP contribution in [-0.2, 0) is 4.79 Å². The van der Waals surface area contributed by atoms with Crippen molar-refractivity contribution in [1.29, 1.82) is 0 Å². The lowest BCUT2D eigenvalue weighted by molar-refractivity contribution is -0.138. The first kappa shape index (κ1) is 21.0. The highest BCUT2D eigenvalue weighted by Gasteiger charge is 2.39. The number of ether oxygens (including phenoxy) is 1. The predicted octanol–water partition coefficient (Wildman–Crippen LogP) is 3.03. The van der Waals surface area contributed by atoms with Crippen LogP contribution in [0.1, 0.15) is 38.5 Å². The lowest BCUT2D eigenvalue weighted by Gasteiger charge is -2.41. The van der Waals surface area contributed by atoms with E-state index in [9.17, 15) is 9.59 Å². The zero-order chi connectivity index (χ0) is 20.9. The van der Waals surface area contributed by atoms with E-state index in [0.29, 0.717) is 24.9 Å². The molecule has 3 amide bonds. The third-order valence-corrected chi connectivity index (χ3v) is 6.85. The molecular formula is C23H34N4O3. The maximum Gasteiger partial charge on any atom is 0.321 e. The van der Waals surface area contributed by atoms with Crippen LogP contribution in [0.2, 0.25) is 0 Å². The Bertz CT molecular complexity index is 718. The van der Waals surface area contributed by atoms with Gasteiger partial charge in [0.15, 0.2) is 0 Å². The minimum atomic E-state index is -0.0805. The minimum absolute atomic E-state index is 0.00241. The molecule has 7 heteroatoms. The van der Waals surface area contributed by atoms with Crippen molar-refractivity contribution >= 4 is 17.6 Å². The number of amides is 3. The third-order valence-electron chi connectivity index (χ3n) is 6.85. The van der Waals surface area contributed by atoms with Crippen LogP contribution >= 0.6 is 0 Å². The summed E-state index contributed by atoms with van der Waals surface area (Å²) >= 11 is 0. The van der Waals surface area contributed by atoms with Gasteiger partial charge in [0, 0.05) is 45.0 Å². The molecule has 4 rings (SSSR count). The second-order valence-corrected chi connectivity index (χ2v) is 8.70. The van der Waals surface area contributed by atoms with Gasteiger partial charge in [-0.2, -0.15) is 0 Å². The third kappa shape index (κ3) is 4.72. The lowest BCUT2D eigenvalue weighted by atomic mass is 9.94. The SMILES string of the molecule is COc1ccc(NC(=O)N2CCN(C(C(=O)N3CCCC3)C3CCCC3)CC2)cc1. The molecule has 0 bridgehead atoms. The van der Waals surface area contributed by atoms with Crippen molar-refractivity contribution < 1.29 is 14.3 Å². The fourth-order valence-corrected chi connectivity index (χ4v) is 5.13. The number of rotatable bonds is 5. The van der Waals surface area contributed by atoms with E-state index in [4.69, 9.17) is 4.74 Å². The quantitative estimate of drug-likeness (QED) is 0.804. The van der Waals surface area contributed by atoms with Gasteiger partial charge in [-0.05, 0) is 55.9 Å². The van der Waals surface area contributed by atoms with Crippen molar-refractivity contribution in [2.75, 3.05) is 51.7 Å². The van der Waals surface area contributed by atoms with Gasteiger partial charge < -0.3 is 19.9 Å². The molecule has 1 aromatic rings. The van der Waals surface area contributed by atoms with Crippen LogP contribution < -0.4 is 10.1 Å². The molecule has 2 aliphatic heterocycles. The van der Waals surface area contributed by atoms with Gasteiger partial charge in [-0.1, -0.05) is 12.8 Å². The molecule has 1 atom stereocenters. The maximum absolute atomic E-state index is 13.3. The Morgan fingerprint density at radius 2 is 1.53 bits per heavy atom. The van der Waals surface area contributed by atoms with E-state index in [2.05, 4.69) is 15.1 Å². The van der Waals surface area contributed by atoms with E-state index in [1.165, 1.54) is 12.8 Å². The van der Waals surface area contributed by atoms with Crippen LogP contribution in [0, 0.1) is 5.92 Å². The number of likely N-dealkylation sites (tertiary alicyclic amines) is 1. The first-order chi connectivity index (χ1) is 14.7. The van der Waals surface area contributed by atoms with Crippen LogP contribution in [0.5, 0.6) is 5.75 Å². The van der Waals surface area contributed by atoms with Crippen molar-refractivity contribution in [3.63, 3.8) is 0 Å². The maximum atomic E-state index is 13.3. The molecule has 2 saturated heterocycles. The Labute approximate surface area is 179 Å². The van der Waals surface area contributed by atoms with Gasteiger partial charge in [-0.25, -0.2) is 4.79 Å². The van der Waals surface area contributed by atoms with Gasteiger partial charge in [-0.3, -0.25) is 9.69 Å². The van der Waals surface area contributed by atoms with Gasteiger partial charge in [0.1, 0.15) is 5.75 Å². The number of hydrogen-bond donors (Lipinski definition) is 1. The van der Waals surface area contributed by atoms with E-state index in [-0.39, 0.29) is 12.1 Å². The summed E-state index contributed by atoms with van der Waals surface area (Å²) in [5, 5.41) is 2.97. The largest absolute Gasteiger partial charge is 0.497 e. The summed E-state index contributed by atoms with van der Waals surface area (Å²) in [6, 6.07) is 7.28. The molecule has 0 aromatic heterocycles. The first-order valence-corrected chi connectivity index (χ1v) is 11.4. The zero-order valence-electron chi connectivity index (χ0n) is 18.0. The predicted molar refractivity (Wildman–Crippen MR) is 117 cm³/mol. The highest BCUT2D eigenvalue weighted by molar-refractivity contribution is 5.89. The summed E-state index contributed by atoms with van der Waals surface area (Å²) in [7, 11) is 1.63. The summed E-state index contributed by atoms with van der Waals surface area (Å²) < 4.78 is 5.16. The highest BCUT2D eigenvalue weighted by Crippen LogP contribution is 2.32. The summed E-state index contributed by atoms with van der Waals surface area (Å²) in [6.07, 6.45) is 7.03. The Kier molecular flexibility index (Phi) is 6.77. The van der Waals surface area contributed by atoms with Crippen LogP contribution in [0.15, 0.2) is 24.3 Å². The molecule has 2 heterocycles. The summed E-state index contributed by atoms with van der Waals surface area (Å²) in [6.45, 7) is 4.64. The molecule has 1 unspecified atom stereocenters. The highest BCUT2D eigenvalue weighted by atomic mass is 16.5. The average molecular weight is 415 g/mol. The normalized spacial score (nSPS) is 21.6. The topological polar surface area (TPSA) is 65.1 Å². The zero-order valence-corrected chi connectivity index (χ0v) is 18.0. The van der Waals surface area contributed by atoms with Crippen LogP contribution in [0.25, 0.3) is 0 Å². The van der Waals surface area contributed by atoms with Gasteiger partial charge >= 0.3 is 6.03 Å². The Balaban J connectivity index is 1.35. The van der Waals surface area contributed by atoms with E-state index >= 15 is 0 Å². The smallest absolute Gasteiger partial charge is 0.321 e. The van der Waals surface area contributed by atoms with Crippen LogP contribution in [-0.4, -0.2) is 79.1 Å². The van der Waals surface area contributed by atoms with E-state index in [1.54, 1.807) is 7.11 Å². The second-order valence-electron chi connectivity index (χ2n) is 8.70. The van der Waals surface area contributed by atoms with E-state index in [1.807, 2.05) is 29.2 Å². The number of carbonyl (C=O) groups excluding carboxylic acids is 2. The van der Waals surface area contributed by atoms with Crippen molar-refractivity contribution in [2.45, 2.75) is 44.6 Å². The number of anilines is 1. The number of nitrogens with zero attached hydrogens (tertiary/aromatic N) is 3. The molecule has 0 spiro atoms. The van der Waals surface area contributed by atoms with Crippen LogP contribution in [0.3, 0.4) is 0 Å². The van der Waals surface area contributed by atoms with Crippen molar-refractivity contribution in [3.8, 4) is 5.75 Å². The summed E-state index contributed by atoms with van der Waals surface area (Å²) in [4.78, 5) is 32.3. The number of hydrogen-bond acceptors (Lipinski definition) is 4. The molecule has 164 valence electrons. The first-order valence-electron chi connectivity index (χ1n) is 11.4. The Morgan fingerprint density at radius 3 is 2.13 bits per heavy atom. The molecular weight excluding hydrogens is 380 g/mol. The molecule has 30 heavy (non-hydrogen) atoms. The number of piperazine rings is 1. The van der Waals surface area contributed by atoms with E-state index in [0.717, 1.165) is 63.3 Å². The standard InChI is InChI=1S/C23H34N4O3/c1-30-20-10-8-19(9-11-20)24-23(29)27-16-14-25(15-17-27)21(18-6-2-3-7-18)22(28)26-12-4-5-13-26/h8-11,18,21H,2-7,12-17H2,1H3,(H,24,29). The van der Waals surface area contributed by atoms with Gasteiger partial charge in [-0.15, -0.1) is 0 Å². The minimum Gasteiger partial charge on any atom is -0.497 e. The van der Waals surface area contributed by atoms with Gasteiger partial charge in [0.2, 0.25) is 5.91 Å². The fourth-order valence-electron chi connectivity index (χ4n) is 5.13. The molecule has 3 fully saturated rings. The number of urea groups is 1. The Hall–Kier alpha value is -2.28. The number of methoxy groups -OCH3 is 1. The van der Waals surface area contributed by atoms with E-state index < -0.39 is 0 Å². The average Bonchev–Trinajstić information content (AvgIpc) is 3.49. The number of carbonyl (C=O) groups is 2. The fraction of sp³-hybridized carbons (Fsp3) is 0.652. The summed E-state index contributed by atoms with van der Waals surface area (Å²) in [5.74, 6) is 1.57. The van der Waals surface area contributed by atoms with Crippen LogP contribution in [0.4, 0.5) is 10.5 Å². The van der Waals surface area contributed by atoms with Crippen molar-refractivity contribution in [1.82, 2.24) is 14.7 Å². The van der Waals surface area contributed by atoms with Crippen molar-refractivity contribution in [3.05, 3.63) is 24.3 Å². The number of benzene rings is 1.